The van der Waals surface area contributed by atoms with Crippen LogP contribution >= 0.6 is 0 Å². The number of aliphatic hydroxyl groups excluding tert-OH is 1. The summed E-state index contributed by atoms with van der Waals surface area (Å²) < 4.78 is 0. The van der Waals surface area contributed by atoms with E-state index in [1.54, 1.807) is 30.9 Å². The van der Waals surface area contributed by atoms with Crippen LogP contribution in [-0.2, 0) is 6.61 Å². The Hall–Kier alpha value is -1.66. The molecule has 1 aromatic carbocycles. The third-order valence-electron chi connectivity index (χ3n) is 2.72. The summed E-state index contributed by atoms with van der Waals surface area (Å²) in [4.78, 5) is 12.4. The molecule has 0 saturated carbocycles. The van der Waals surface area contributed by atoms with Crippen molar-refractivity contribution in [1.29, 1.82) is 0 Å². The van der Waals surface area contributed by atoms with Gasteiger partial charge in [0, 0.05) is 19.2 Å². The normalized spacial score (nSPS) is 11.4. The second-order valence-electron chi connectivity index (χ2n) is 5.06. The van der Waals surface area contributed by atoms with Gasteiger partial charge in [0.15, 0.2) is 0 Å². The van der Waals surface area contributed by atoms with Crippen molar-refractivity contribution in [3.63, 3.8) is 0 Å². The number of likely N-dealkylation sites (N-methyl/N-ethyl adjacent to an activating group) is 1. The number of benzene rings is 1. The lowest BCUT2D eigenvalue weighted by Crippen LogP contribution is -2.38. The van der Waals surface area contributed by atoms with Crippen LogP contribution in [0.1, 0.15) is 26.3 Å². The fourth-order valence-corrected chi connectivity index (χ4v) is 1.92. The van der Waals surface area contributed by atoms with Crippen LogP contribution in [0, 0.1) is 10.1 Å². The number of hydrogen-bond donors (Lipinski definition) is 2. The molecule has 2 N–H and O–H groups in total. The van der Waals surface area contributed by atoms with Crippen molar-refractivity contribution in [3.05, 3.63) is 33.9 Å². The SMILES string of the molecule is CCN(CC(C)(C)O)c1ccc(CO)cc1[N+](=O)[O-]. The van der Waals surface area contributed by atoms with Gasteiger partial charge < -0.3 is 15.1 Å². The Morgan fingerprint density at radius 2 is 2.05 bits per heavy atom. The summed E-state index contributed by atoms with van der Waals surface area (Å²) >= 11 is 0. The maximum atomic E-state index is 11.1. The molecule has 0 saturated heterocycles. The molecule has 19 heavy (non-hydrogen) atoms. The van der Waals surface area contributed by atoms with Gasteiger partial charge in [0.2, 0.25) is 0 Å². The highest BCUT2D eigenvalue weighted by Crippen LogP contribution is 2.30. The molecular formula is C13H20N2O4. The van der Waals surface area contributed by atoms with E-state index in [9.17, 15) is 15.2 Å². The van der Waals surface area contributed by atoms with E-state index >= 15 is 0 Å². The minimum Gasteiger partial charge on any atom is -0.392 e. The molecule has 1 rings (SSSR count). The highest BCUT2D eigenvalue weighted by Gasteiger charge is 2.23. The molecule has 0 fully saturated rings. The Labute approximate surface area is 112 Å². The predicted octanol–water partition coefficient (Wildman–Crippen LogP) is 1.68. The Morgan fingerprint density at radius 3 is 2.47 bits per heavy atom. The number of hydrogen-bond acceptors (Lipinski definition) is 5. The molecule has 0 amide bonds. The lowest BCUT2D eigenvalue weighted by atomic mass is 10.1. The van der Waals surface area contributed by atoms with Crippen molar-refractivity contribution in [2.24, 2.45) is 0 Å². The molecule has 0 bridgehead atoms. The Bertz CT molecular complexity index is 454. The smallest absolute Gasteiger partial charge is 0.292 e. The monoisotopic (exact) mass is 268 g/mol. The molecule has 0 aliphatic rings. The van der Waals surface area contributed by atoms with Crippen LogP contribution in [0.15, 0.2) is 18.2 Å². The third-order valence-corrected chi connectivity index (χ3v) is 2.72. The fourth-order valence-electron chi connectivity index (χ4n) is 1.92. The van der Waals surface area contributed by atoms with Gasteiger partial charge >= 0.3 is 0 Å². The summed E-state index contributed by atoms with van der Waals surface area (Å²) in [7, 11) is 0. The topological polar surface area (TPSA) is 86.8 Å². The van der Waals surface area contributed by atoms with Gasteiger partial charge in [0.1, 0.15) is 5.69 Å². The lowest BCUT2D eigenvalue weighted by molar-refractivity contribution is -0.384. The van der Waals surface area contributed by atoms with Crippen LogP contribution in [-0.4, -0.2) is 33.8 Å². The molecule has 106 valence electrons. The van der Waals surface area contributed by atoms with Crippen molar-refractivity contribution in [3.8, 4) is 0 Å². The number of nitrogens with zero attached hydrogens (tertiary/aromatic N) is 2. The first-order valence-corrected chi connectivity index (χ1v) is 6.14. The number of anilines is 1. The van der Waals surface area contributed by atoms with E-state index in [-0.39, 0.29) is 12.3 Å². The zero-order valence-electron chi connectivity index (χ0n) is 11.5. The molecule has 0 spiro atoms. The molecule has 0 heterocycles. The van der Waals surface area contributed by atoms with Crippen molar-refractivity contribution in [1.82, 2.24) is 0 Å². The molecule has 0 unspecified atom stereocenters. The van der Waals surface area contributed by atoms with E-state index in [0.717, 1.165) is 0 Å². The first-order chi connectivity index (χ1) is 8.78. The quantitative estimate of drug-likeness (QED) is 0.605. The summed E-state index contributed by atoms with van der Waals surface area (Å²) in [6.07, 6.45) is 0. The van der Waals surface area contributed by atoms with E-state index in [1.807, 2.05) is 6.92 Å². The molecule has 0 radical (unpaired) electrons. The van der Waals surface area contributed by atoms with Gasteiger partial charge in [-0.15, -0.1) is 0 Å². The molecular weight excluding hydrogens is 248 g/mol. The van der Waals surface area contributed by atoms with Crippen LogP contribution < -0.4 is 4.90 Å². The summed E-state index contributed by atoms with van der Waals surface area (Å²) in [5.41, 5.74) is -0.0567. The minimum absolute atomic E-state index is 0.0577. The maximum Gasteiger partial charge on any atom is 0.292 e. The largest absolute Gasteiger partial charge is 0.392 e. The summed E-state index contributed by atoms with van der Waals surface area (Å²) in [5, 5.41) is 30.0. The van der Waals surface area contributed by atoms with Crippen LogP contribution in [0.25, 0.3) is 0 Å². The number of aliphatic hydroxyl groups is 2. The van der Waals surface area contributed by atoms with Gasteiger partial charge in [-0.1, -0.05) is 6.07 Å². The maximum absolute atomic E-state index is 11.1. The average molecular weight is 268 g/mol. The van der Waals surface area contributed by atoms with E-state index in [2.05, 4.69) is 0 Å². The van der Waals surface area contributed by atoms with Gasteiger partial charge in [-0.2, -0.15) is 0 Å². The fraction of sp³-hybridized carbons (Fsp3) is 0.538. The van der Waals surface area contributed by atoms with Gasteiger partial charge in [0.25, 0.3) is 5.69 Å². The minimum atomic E-state index is -0.945. The van der Waals surface area contributed by atoms with Gasteiger partial charge in [-0.3, -0.25) is 10.1 Å². The number of rotatable bonds is 6. The van der Waals surface area contributed by atoms with Gasteiger partial charge in [0.05, 0.1) is 17.1 Å². The van der Waals surface area contributed by atoms with Crippen LogP contribution in [0.4, 0.5) is 11.4 Å². The van der Waals surface area contributed by atoms with E-state index in [0.29, 0.717) is 24.3 Å². The molecule has 6 nitrogen and oxygen atoms in total. The summed E-state index contributed by atoms with van der Waals surface area (Å²) in [6, 6.07) is 4.62. The van der Waals surface area contributed by atoms with Crippen molar-refractivity contribution < 1.29 is 15.1 Å². The Balaban J connectivity index is 3.19. The first kappa shape index (κ1) is 15.4. The zero-order chi connectivity index (χ0) is 14.6. The van der Waals surface area contributed by atoms with E-state index in [1.165, 1.54) is 6.07 Å². The highest BCUT2D eigenvalue weighted by atomic mass is 16.6. The molecule has 0 atom stereocenters. The number of nitro groups is 1. The standard InChI is InChI=1S/C13H20N2O4/c1-4-14(9-13(2,3)17)11-6-5-10(8-16)7-12(11)15(18)19/h5-7,16-17H,4,8-9H2,1-3H3. The average Bonchev–Trinajstić information content (AvgIpc) is 2.34. The zero-order valence-corrected chi connectivity index (χ0v) is 11.5. The summed E-state index contributed by atoms with van der Waals surface area (Å²) in [5.74, 6) is 0. The second kappa shape index (κ2) is 5.99. The molecule has 1 aromatic rings. The Morgan fingerprint density at radius 1 is 1.42 bits per heavy atom. The molecule has 0 aliphatic carbocycles. The molecule has 0 aliphatic heterocycles. The predicted molar refractivity (Wildman–Crippen MR) is 73.2 cm³/mol. The van der Waals surface area contributed by atoms with Gasteiger partial charge in [-0.05, 0) is 32.4 Å². The second-order valence-corrected chi connectivity index (χ2v) is 5.06. The van der Waals surface area contributed by atoms with Crippen LogP contribution in [0.5, 0.6) is 0 Å². The van der Waals surface area contributed by atoms with E-state index < -0.39 is 10.5 Å². The van der Waals surface area contributed by atoms with Crippen LogP contribution in [0.2, 0.25) is 0 Å². The first-order valence-electron chi connectivity index (χ1n) is 6.14. The third kappa shape index (κ3) is 4.18. The Kier molecular flexibility index (Phi) is 4.85. The van der Waals surface area contributed by atoms with Crippen molar-refractivity contribution >= 4 is 11.4 Å². The summed E-state index contributed by atoms with van der Waals surface area (Å²) in [6.45, 7) is 5.79. The highest BCUT2D eigenvalue weighted by molar-refractivity contribution is 5.64. The lowest BCUT2D eigenvalue weighted by Gasteiger charge is -2.29. The van der Waals surface area contributed by atoms with E-state index in [4.69, 9.17) is 5.11 Å². The van der Waals surface area contributed by atoms with Crippen molar-refractivity contribution in [2.75, 3.05) is 18.0 Å². The number of nitro benzene ring substituents is 1. The van der Waals surface area contributed by atoms with Crippen molar-refractivity contribution in [2.45, 2.75) is 33.0 Å². The molecule has 0 aromatic heterocycles. The van der Waals surface area contributed by atoms with Crippen LogP contribution in [0.3, 0.4) is 0 Å². The molecule has 6 heteroatoms. The van der Waals surface area contributed by atoms with Gasteiger partial charge in [-0.25, -0.2) is 0 Å².